The molecule has 0 radical (unpaired) electrons. The van der Waals surface area contributed by atoms with Crippen LogP contribution in [0.15, 0.2) is 12.3 Å². The first-order valence-electron chi connectivity index (χ1n) is 2.65. The molecule has 0 saturated heterocycles. The topological polar surface area (TPSA) is 20.2 Å². The second kappa shape index (κ2) is 2.78. The molecule has 0 aliphatic carbocycles. The molecule has 0 aromatic heterocycles. The summed E-state index contributed by atoms with van der Waals surface area (Å²) in [5, 5.41) is 7.85. The summed E-state index contributed by atoms with van der Waals surface area (Å²) >= 11 is 0. The van der Waals surface area contributed by atoms with Crippen LogP contribution in [0.1, 0.15) is 0 Å². The highest BCUT2D eigenvalue weighted by Gasteiger charge is 2.74. The van der Waals surface area contributed by atoms with Crippen molar-refractivity contribution in [2.24, 2.45) is 0 Å². The van der Waals surface area contributed by atoms with Crippen LogP contribution in [0.25, 0.3) is 0 Å². The third-order valence-electron chi connectivity index (χ3n) is 1.11. The number of alkyl halides is 7. The Labute approximate surface area is 67.5 Å². The number of halogens is 7. The molecule has 0 fully saturated rings. The number of allylic oxidation sites excluding steroid dienone is 1. The van der Waals surface area contributed by atoms with Crippen molar-refractivity contribution in [2.45, 2.75) is 18.0 Å². The lowest BCUT2D eigenvalue weighted by Gasteiger charge is -2.26. The van der Waals surface area contributed by atoms with Crippen LogP contribution in [-0.2, 0) is 0 Å². The normalized spacial score (nSPS) is 14.4. The minimum Gasteiger partial charge on any atom is -0.507 e. The SMILES string of the molecule is C=C(O)C(F)(F)C(F)(F)C(F)(F)F. The van der Waals surface area contributed by atoms with Gasteiger partial charge < -0.3 is 5.11 Å². The zero-order chi connectivity index (χ0) is 11.1. The van der Waals surface area contributed by atoms with Crippen LogP contribution in [-0.4, -0.2) is 23.1 Å². The van der Waals surface area contributed by atoms with Gasteiger partial charge in [0.05, 0.1) is 0 Å². The van der Waals surface area contributed by atoms with Gasteiger partial charge in [-0.15, -0.1) is 0 Å². The van der Waals surface area contributed by atoms with Crippen molar-refractivity contribution in [1.82, 2.24) is 0 Å². The quantitative estimate of drug-likeness (QED) is 0.551. The second-order valence-electron chi connectivity index (χ2n) is 2.09. The fourth-order valence-corrected chi connectivity index (χ4v) is 0.359. The Bertz CT molecular complexity index is 215. The fraction of sp³-hybridized carbons (Fsp3) is 0.600. The monoisotopic (exact) mass is 212 g/mol. The van der Waals surface area contributed by atoms with Crippen LogP contribution in [0, 0.1) is 0 Å². The molecule has 0 aromatic carbocycles. The van der Waals surface area contributed by atoms with Crippen molar-refractivity contribution in [3.63, 3.8) is 0 Å². The second-order valence-corrected chi connectivity index (χ2v) is 2.09. The maximum Gasteiger partial charge on any atom is 0.460 e. The lowest BCUT2D eigenvalue weighted by Crippen LogP contribution is -2.52. The molecule has 0 amide bonds. The van der Waals surface area contributed by atoms with Crippen molar-refractivity contribution >= 4 is 0 Å². The van der Waals surface area contributed by atoms with Crippen LogP contribution in [0.3, 0.4) is 0 Å². The van der Waals surface area contributed by atoms with Gasteiger partial charge in [0.2, 0.25) is 0 Å². The number of hydrogen-bond donors (Lipinski definition) is 1. The van der Waals surface area contributed by atoms with Gasteiger partial charge in [0.1, 0.15) is 0 Å². The summed E-state index contributed by atoms with van der Waals surface area (Å²) in [4.78, 5) is 0. The van der Waals surface area contributed by atoms with E-state index in [4.69, 9.17) is 5.11 Å². The summed E-state index contributed by atoms with van der Waals surface area (Å²) in [6.45, 7) is 1.93. The van der Waals surface area contributed by atoms with Gasteiger partial charge in [-0.3, -0.25) is 0 Å². The molecule has 0 aliphatic heterocycles. The molecular weight excluding hydrogens is 209 g/mol. The Morgan fingerprint density at radius 3 is 1.31 bits per heavy atom. The molecule has 0 heterocycles. The van der Waals surface area contributed by atoms with Crippen LogP contribution < -0.4 is 0 Å². The van der Waals surface area contributed by atoms with Gasteiger partial charge in [-0.25, -0.2) is 0 Å². The van der Waals surface area contributed by atoms with Gasteiger partial charge in [0.25, 0.3) is 0 Å². The smallest absolute Gasteiger partial charge is 0.460 e. The summed E-state index contributed by atoms with van der Waals surface area (Å²) in [6, 6.07) is 0. The van der Waals surface area contributed by atoms with Crippen LogP contribution in [0.4, 0.5) is 30.7 Å². The highest BCUT2D eigenvalue weighted by Crippen LogP contribution is 2.48. The molecule has 1 nitrogen and oxygen atoms in total. The number of rotatable bonds is 2. The molecule has 78 valence electrons. The molecule has 0 unspecified atom stereocenters. The van der Waals surface area contributed by atoms with Gasteiger partial charge in [0.15, 0.2) is 5.76 Å². The maximum atomic E-state index is 12.0. The minimum atomic E-state index is -6.44. The lowest BCUT2D eigenvalue weighted by molar-refractivity contribution is -0.349. The van der Waals surface area contributed by atoms with Crippen molar-refractivity contribution in [2.75, 3.05) is 0 Å². The Morgan fingerprint density at radius 1 is 0.923 bits per heavy atom. The molecule has 0 bridgehead atoms. The van der Waals surface area contributed by atoms with E-state index >= 15 is 0 Å². The van der Waals surface area contributed by atoms with E-state index in [1.165, 1.54) is 0 Å². The molecule has 8 heteroatoms. The first-order chi connectivity index (χ1) is 5.44. The third kappa shape index (κ3) is 1.70. The summed E-state index contributed by atoms with van der Waals surface area (Å²) < 4.78 is 81.6. The van der Waals surface area contributed by atoms with Crippen molar-refractivity contribution in [3.8, 4) is 0 Å². The lowest BCUT2D eigenvalue weighted by atomic mass is 10.1. The largest absolute Gasteiger partial charge is 0.507 e. The van der Waals surface area contributed by atoms with E-state index in [1.54, 1.807) is 0 Å². The zero-order valence-corrected chi connectivity index (χ0v) is 5.80. The molecule has 0 saturated carbocycles. The molecule has 0 rings (SSSR count). The summed E-state index contributed by atoms with van der Waals surface area (Å²) in [5.41, 5.74) is 0. The molecule has 0 spiro atoms. The number of aliphatic hydroxyl groups is 1. The summed E-state index contributed by atoms with van der Waals surface area (Å²) in [5.74, 6) is -14.6. The molecule has 13 heavy (non-hydrogen) atoms. The maximum absolute atomic E-state index is 12.0. The third-order valence-corrected chi connectivity index (χ3v) is 1.11. The van der Waals surface area contributed by atoms with E-state index in [-0.39, 0.29) is 0 Å². The van der Waals surface area contributed by atoms with Crippen LogP contribution in [0.5, 0.6) is 0 Å². The highest BCUT2D eigenvalue weighted by atomic mass is 19.4. The first kappa shape index (κ1) is 12.0. The standard InChI is InChI=1S/C5H3F7O/c1-2(13)3(6,7)4(8,9)5(10,11)12/h13H,1H2. The van der Waals surface area contributed by atoms with E-state index in [0.29, 0.717) is 0 Å². The van der Waals surface area contributed by atoms with Crippen molar-refractivity contribution < 1.29 is 35.8 Å². The predicted octanol–water partition coefficient (Wildman–Crippen LogP) is 2.89. The first-order valence-corrected chi connectivity index (χ1v) is 2.65. The van der Waals surface area contributed by atoms with Gasteiger partial charge >= 0.3 is 18.0 Å². The number of aliphatic hydroxyl groups excluding tert-OH is 1. The minimum absolute atomic E-state index is 1.93. The van der Waals surface area contributed by atoms with Gasteiger partial charge in [-0.05, 0) is 0 Å². The van der Waals surface area contributed by atoms with Gasteiger partial charge in [-0.1, -0.05) is 6.58 Å². The fourth-order valence-electron chi connectivity index (χ4n) is 0.359. The van der Waals surface area contributed by atoms with E-state index in [1.807, 2.05) is 6.58 Å². The highest BCUT2D eigenvalue weighted by molar-refractivity contribution is 5.07. The van der Waals surface area contributed by atoms with Crippen LogP contribution in [0.2, 0.25) is 0 Å². The van der Waals surface area contributed by atoms with E-state index in [0.717, 1.165) is 0 Å². The Morgan fingerprint density at radius 2 is 1.23 bits per heavy atom. The van der Waals surface area contributed by atoms with Crippen molar-refractivity contribution in [1.29, 1.82) is 0 Å². The van der Waals surface area contributed by atoms with Crippen LogP contribution >= 0.6 is 0 Å². The average Bonchev–Trinajstić information content (AvgIpc) is 1.84. The predicted molar refractivity (Wildman–Crippen MR) is 27.7 cm³/mol. The molecular formula is C5H3F7O. The molecule has 0 atom stereocenters. The Kier molecular flexibility index (Phi) is 2.57. The molecule has 0 aromatic rings. The Balaban J connectivity index is 5.16. The Hall–Kier alpha value is -0.950. The summed E-state index contributed by atoms with van der Waals surface area (Å²) in [7, 11) is 0. The van der Waals surface area contributed by atoms with E-state index in [2.05, 4.69) is 0 Å². The van der Waals surface area contributed by atoms with E-state index < -0.39 is 23.8 Å². The van der Waals surface area contributed by atoms with Gasteiger partial charge in [0, 0.05) is 0 Å². The van der Waals surface area contributed by atoms with Gasteiger partial charge in [-0.2, -0.15) is 30.7 Å². The number of hydrogen-bond acceptors (Lipinski definition) is 1. The van der Waals surface area contributed by atoms with Crippen molar-refractivity contribution in [3.05, 3.63) is 12.3 Å². The average molecular weight is 212 g/mol. The summed E-state index contributed by atoms with van der Waals surface area (Å²) in [6.07, 6.45) is -6.44. The van der Waals surface area contributed by atoms with E-state index in [9.17, 15) is 30.7 Å². The molecule has 0 aliphatic rings. The zero-order valence-electron chi connectivity index (χ0n) is 5.80. The molecule has 1 N–H and O–H groups in total.